The molecule has 17 heavy (non-hydrogen) atoms. The van der Waals surface area contributed by atoms with E-state index in [1.807, 2.05) is 20.8 Å². The fourth-order valence-electron chi connectivity index (χ4n) is 2.75. The molecule has 4 heteroatoms. The third-order valence-electron chi connectivity index (χ3n) is 3.80. The minimum Gasteiger partial charge on any atom is -0.444 e. The second-order valence-electron chi connectivity index (χ2n) is 6.26. The first-order valence-corrected chi connectivity index (χ1v) is 6.24. The molecular formula is C13H20N2O2. The molecule has 1 atom stereocenters. The predicted molar refractivity (Wildman–Crippen MR) is 63.2 cm³/mol. The van der Waals surface area contributed by atoms with E-state index in [9.17, 15) is 4.79 Å². The number of ether oxygens (including phenoxy) is 1. The zero-order chi connectivity index (χ0) is 12.7. The van der Waals surface area contributed by atoms with Gasteiger partial charge >= 0.3 is 6.09 Å². The topological polar surface area (TPSA) is 53.3 Å². The Morgan fingerprint density at radius 3 is 2.47 bits per heavy atom. The van der Waals surface area contributed by atoms with E-state index < -0.39 is 5.60 Å². The molecule has 0 N–H and O–H groups in total. The molecule has 1 spiro atoms. The van der Waals surface area contributed by atoms with E-state index in [4.69, 9.17) is 10.00 Å². The SMILES string of the molecule is CC(C)(C)OC(=O)N1CC(C#N)C2(CCC2)C1. The van der Waals surface area contributed by atoms with E-state index >= 15 is 0 Å². The van der Waals surface area contributed by atoms with E-state index in [0.717, 1.165) is 12.8 Å². The van der Waals surface area contributed by atoms with Gasteiger partial charge in [-0.1, -0.05) is 6.42 Å². The van der Waals surface area contributed by atoms with Crippen molar-refractivity contribution in [3.8, 4) is 6.07 Å². The summed E-state index contributed by atoms with van der Waals surface area (Å²) in [6, 6.07) is 2.35. The van der Waals surface area contributed by atoms with Gasteiger partial charge in [-0.05, 0) is 33.6 Å². The van der Waals surface area contributed by atoms with Crippen LogP contribution in [0.15, 0.2) is 0 Å². The molecule has 2 fully saturated rings. The van der Waals surface area contributed by atoms with Crippen LogP contribution in [0.3, 0.4) is 0 Å². The number of carbonyl (C=O) groups is 1. The normalized spacial score (nSPS) is 26.5. The summed E-state index contributed by atoms with van der Waals surface area (Å²) >= 11 is 0. The fraction of sp³-hybridized carbons (Fsp3) is 0.846. The molecule has 1 aliphatic heterocycles. The van der Waals surface area contributed by atoms with Crippen LogP contribution in [0, 0.1) is 22.7 Å². The van der Waals surface area contributed by atoms with Crippen LogP contribution in [0.4, 0.5) is 4.79 Å². The number of nitrogens with zero attached hydrogens (tertiary/aromatic N) is 2. The van der Waals surface area contributed by atoms with Crippen LogP contribution in [0.25, 0.3) is 0 Å². The summed E-state index contributed by atoms with van der Waals surface area (Å²) in [4.78, 5) is 13.7. The Bertz CT molecular complexity index is 361. The highest BCUT2D eigenvalue weighted by Crippen LogP contribution is 2.51. The third-order valence-corrected chi connectivity index (χ3v) is 3.80. The van der Waals surface area contributed by atoms with Crippen LogP contribution < -0.4 is 0 Å². The predicted octanol–water partition coefficient (Wildman–Crippen LogP) is 2.55. The molecule has 2 rings (SSSR count). The first-order chi connectivity index (χ1) is 7.86. The second-order valence-corrected chi connectivity index (χ2v) is 6.26. The summed E-state index contributed by atoms with van der Waals surface area (Å²) in [5.74, 6) is -0.0104. The molecule has 1 aliphatic carbocycles. The van der Waals surface area contributed by atoms with Gasteiger partial charge in [0.05, 0.1) is 12.0 Å². The Balaban J connectivity index is 2.01. The van der Waals surface area contributed by atoms with Crippen molar-refractivity contribution in [3.63, 3.8) is 0 Å². The highest BCUT2D eigenvalue weighted by atomic mass is 16.6. The van der Waals surface area contributed by atoms with Crippen LogP contribution in [-0.4, -0.2) is 29.7 Å². The monoisotopic (exact) mass is 236 g/mol. The number of carbonyl (C=O) groups excluding carboxylic acids is 1. The van der Waals surface area contributed by atoms with E-state index in [2.05, 4.69) is 6.07 Å². The zero-order valence-corrected chi connectivity index (χ0v) is 10.8. The average Bonchev–Trinajstić information content (AvgIpc) is 2.53. The summed E-state index contributed by atoms with van der Waals surface area (Å²) in [5, 5.41) is 9.17. The van der Waals surface area contributed by atoms with Crippen molar-refractivity contribution < 1.29 is 9.53 Å². The lowest BCUT2D eigenvalue weighted by molar-refractivity contribution is 0.0243. The Hall–Kier alpha value is -1.24. The molecule has 2 aliphatic rings. The van der Waals surface area contributed by atoms with Crippen LogP contribution in [-0.2, 0) is 4.74 Å². The number of hydrogen-bond acceptors (Lipinski definition) is 3. The summed E-state index contributed by atoms with van der Waals surface area (Å²) in [6.45, 7) is 6.82. The molecule has 0 radical (unpaired) electrons. The summed E-state index contributed by atoms with van der Waals surface area (Å²) in [5.41, 5.74) is -0.389. The van der Waals surface area contributed by atoms with Crippen LogP contribution in [0.5, 0.6) is 0 Å². The van der Waals surface area contributed by atoms with Crippen molar-refractivity contribution in [2.24, 2.45) is 11.3 Å². The van der Waals surface area contributed by atoms with E-state index in [1.54, 1.807) is 4.90 Å². The summed E-state index contributed by atoms with van der Waals surface area (Å²) < 4.78 is 5.35. The van der Waals surface area contributed by atoms with Crippen molar-refractivity contribution in [2.75, 3.05) is 13.1 Å². The first kappa shape index (κ1) is 12.2. The molecule has 4 nitrogen and oxygen atoms in total. The van der Waals surface area contributed by atoms with Crippen molar-refractivity contribution >= 4 is 6.09 Å². The van der Waals surface area contributed by atoms with Gasteiger partial charge in [0, 0.05) is 18.5 Å². The highest BCUT2D eigenvalue weighted by molar-refractivity contribution is 5.69. The summed E-state index contributed by atoms with van der Waals surface area (Å²) in [7, 11) is 0. The average molecular weight is 236 g/mol. The fourth-order valence-corrected chi connectivity index (χ4v) is 2.75. The maximum Gasteiger partial charge on any atom is 0.410 e. The van der Waals surface area contributed by atoms with E-state index in [1.165, 1.54) is 6.42 Å². The van der Waals surface area contributed by atoms with Crippen LogP contribution >= 0.6 is 0 Å². The Morgan fingerprint density at radius 2 is 2.12 bits per heavy atom. The van der Waals surface area contributed by atoms with E-state index in [0.29, 0.717) is 13.1 Å². The number of likely N-dealkylation sites (tertiary alicyclic amines) is 1. The lowest BCUT2D eigenvalue weighted by Gasteiger charge is -2.40. The molecule has 1 amide bonds. The quantitative estimate of drug-likeness (QED) is 0.649. The number of nitriles is 1. The van der Waals surface area contributed by atoms with Gasteiger partial charge in [0.25, 0.3) is 0 Å². The molecular weight excluding hydrogens is 216 g/mol. The molecule has 0 aromatic heterocycles. The Morgan fingerprint density at radius 1 is 1.47 bits per heavy atom. The second kappa shape index (κ2) is 3.90. The Kier molecular flexibility index (Phi) is 2.81. The van der Waals surface area contributed by atoms with Crippen molar-refractivity contribution in [3.05, 3.63) is 0 Å². The minimum atomic E-state index is -0.464. The molecule has 1 heterocycles. The molecule has 0 aromatic carbocycles. The number of rotatable bonds is 0. The molecule has 0 bridgehead atoms. The third kappa shape index (κ3) is 2.24. The van der Waals surface area contributed by atoms with E-state index in [-0.39, 0.29) is 17.4 Å². The number of amides is 1. The van der Waals surface area contributed by atoms with Gasteiger partial charge in [0.15, 0.2) is 0 Å². The maximum atomic E-state index is 11.9. The molecule has 1 unspecified atom stereocenters. The molecule has 0 aromatic rings. The van der Waals surface area contributed by atoms with Gasteiger partial charge in [-0.2, -0.15) is 5.26 Å². The van der Waals surface area contributed by atoms with Crippen molar-refractivity contribution in [1.82, 2.24) is 4.90 Å². The molecule has 1 saturated carbocycles. The smallest absolute Gasteiger partial charge is 0.410 e. The maximum absolute atomic E-state index is 11.9. The molecule has 94 valence electrons. The van der Waals surface area contributed by atoms with Gasteiger partial charge in [0.2, 0.25) is 0 Å². The van der Waals surface area contributed by atoms with Gasteiger partial charge in [-0.15, -0.1) is 0 Å². The van der Waals surface area contributed by atoms with Gasteiger partial charge in [-0.25, -0.2) is 4.79 Å². The number of hydrogen-bond donors (Lipinski definition) is 0. The molecule has 1 saturated heterocycles. The standard InChI is InChI=1S/C13H20N2O2/c1-12(2,3)17-11(16)15-8-10(7-14)13(9-15)5-4-6-13/h10H,4-6,8-9H2,1-3H3. The lowest BCUT2D eigenvalue weighted by Crippen LogP contribution is -2.39. The van der Waals surface area contributed by atoms with Gasteiger partial charge in [-0.3, -0.25) is 0 Å². The summed E-state index contributed by atoms with van der Waals surface area (Å²) in [6.07, 6.45) is 3.05. The van der Waals surface area contributed by atoms with Gasteiger partial charge < -0.3 is 9.64 Å². The van der Waals surface area contributed by atoms with Gasteiger partial charge in [0.1, 0.15) is 5.60 Å². The highest BCUT2D eigenvalue weighted by Gasteiger charge is 2.52. The van der Waals surface area contributed by atoms with Crippen molar-refractivity contribution in [1.29, 1.82) is 5.26 Å². The largest absolute Gasteiger partial charge is 0.444 e. The van der Waals surface area contributed by atoms with Crippen molar-refractivity contribution in [2.45, 2.75) is 45.6 Å². The zero-order valence-electron chi connectivity index (χ0n) is 10.8. The Labute approximate surface area is 103 Å². The first-order valence-electron chi connectivity index (χ1n) is 6.24. The van der Waals surface area contributed by atoms with Crippen LogP contribution in [0.1, 0.15) is 40.0 Å². The minimum absolute atomic E-state index is 0.0104. The lowest BCUT2D eigenvalue weighted by atomic mass is 9.63. The van der Waals surface area contributed by atoms with Crippen LogP contribution in [0.2, 0.25) is 0 Å².